The van der Waals surface area contributed by atoms with E-state index in [0.717, 1.165) is 0 Å². The fourth-order valence-corrected chi connectivity index (χ4v) is 4.02. The van der Waals surface area contributed by atoms with Crippen LogP contribution in [0, 0.1) is 0 Å². The molecule has 9 heteroatoms. The summed E-state index contributed by atoms with van der Waals surface area (Å²) in [5, 5.41) is 11.0. The molecule has 0 saturated heterocycles. The molecule has 1 atom stereocenters. The first-order chi connectivity index (χ1) is 11.6. The van der Waals surface area contributed by atoms with Gasteiger partial charge in [-0.15, -0.1) is 0 Å². The first-order valence-corrected chi connectivity index (χ1v) is 8.62. The molecular weight excluding hydrogens is 350 g/mol. The molecule has 0 fully saturated rings. The molecule has 0 radical (unpaired) electrons. The highest BCUT2D eigenvalue weighted by atomic mass is 35.5. The van der Waals surface area contributed by atoms with Gasteiger partial charge in [0, 0.05) is 22.9 Å². The maximum atomic E-state index is 12.6. The summed E-state index contributed by atoms with van der Waals surface area (Å²) >= 11 is 7.38. The van der Waals surface area contributed by atoms with Crippen molar-refractivity contribution in [3.05, 3.63) is 45.8 Å². The number of anilines is 1. The van der Waals surface area contributed by atoms with Crippen molar-refractivity contribution in [2.75, 3.05) is 11.1 Å². The smallest absolute Gasteiger partial charge is 0.265 e. The predicted molar refractivity (Wildman–Crippen MR) is 92.6 cm³/mol. The van der Waals surface area contributed by atoms with Crippen LogP contribution in [0.2, 0.25) is 5.02 Å². The van der Waals surface area contributed by atoms with Crippen LogP contribution in [0.5, 0.6) is 0 Å². The third kappa shape index (κ3) is 2.67. The summed E-state index contributed by atoms with van der Waals surface area (Å²) in [6.07, 6.45) is 1.65. The van der Waals surface area contributed by atoms with Crippen molar-refractivity contribution in [2.24, 2.45) is 0 Å². The zero-order valence-electron chi connectivity index (χ0n) is 12.3. The van der Waals surface area contributed by atoms with E-state index in [0.29, 0.717) is 32.7 Å². The lowest BCUT2D eigenvalue weighted by Crippen LogP contribution is -2.27. The maximum Gasteiger partial charge on any atom is 0.265 e. The van der Waals surface area contributed by atoms with Gasteiger partial charge >= 0.3 is 0 Å². The van der Waals surface area contributed by atoms with Crippen LogP contribution >= 0.6 is 23.4 Å². The van der Waals surface area contributed by atoms with Crippen molar-refractivity contribution in [3.63, 3.8) is 0 Å². The number of nitrogens with zero attached hydrogens (tertiary/aromatic N) is 3. The van der Waals surface area contributed by atoms with Crippen molar-refractivity contribution < 1.29 is 4.79 Å². The van der Waals surface area contributed by atoms with Gasteiger partial charge in [0.1, 0.15) is 5.39 Å². The number of carbonyl (C=O) groups is 1. The first-order valence-electron chi connectivity index (χ1n) is 7.25. The van der Waals surface area contributed by atoms with Gasteiger partial charge in [0.25, 0.3) is 5.56 Å². The third-order valence-corrected chi connectivity index (χ3v) is 5.11. The number of hydrogen-bond donors (Lipinski definition) is 2. The highest BCUT2D eigenvalue weighted by Crippen LogP contribution is 2.33. The number of hydrogen-bond acceptors (Lipinski definition) is 5. The molecule has 1 amide bonds. The molecule has 0 saturated carbocycles. The summed E-state index contributed by atoms with van der Waals surface area (Å²) in [7, 11) is 0. The Kier molecular flexibility index (Phi) is 3.78. The van der Waals surface area contributed by atoms with Crippen LogP contribution in [-0.4, -0.2) is 31.4 Å². The molecule has 4 rings (SSSR count). The standard InChI is InChI=1S/C15H12ClN5O2S/c16-8-2-1-3-9(4-8)18-12(22)5-10-7-24-15-19-13-11(6-17-20-13)14(23)21(10)15/h1-4,6,10H,5,7H2,(H,17,20)(H,18,22). The zero-order chi connectivity index (χ0) is 16.7. The molecule has 3 aromatic rings. The largest absolute Gasteiger partial charge is 0.326 e. The summed E-state index contributed by atoms with van der Waals surface area (Å²) in [5.41, 5.74) is 0.936. The fraction of sp³-hybridized carbons (Fsp3) is 0.200. The summed E-state index contributed by atoms with van der Waals surface area (Å²) in [4.78, 5) is 29.3. The Bertz CT molecular complexity index is 999. The predicted octanol–water partition coefficient (Wildman–Crippen LogP) is 2.45. The summed E-state index contributed by atoms with van der Waals surface area (Å²) in [6, 6.07) is 6.72. The number of amides is 1. The number of benzene rings is 1. The van der Waals surface area contributed by atoms with Crippen molar-refractivity contribution in [1.82, 2.24) is 19.7 Å². The Balaban J connectivity index is 1.57. The van der Waals surface area contributed by atoms with Crippen molar-refractivity contribution in [2.45, 2.75) is 17.6 Å². The lowest BCUT2D eigenvalue weighted by molar-refractivity contribution is -0.116. The van der Waals surface area contributed by atoms with E-state index in [1.54, 1.807) is 28.8 Å². The minimum absolute atomic E-state index is 0.171. The fourth-order valence-electron chi connectivity index (χ4n) is 2.70. The van der Waals surface area contributed by atoms with E-state index in [4.69, 9.17) is 11.6 Å². The molecule has 1 unspecified atom stereocenters. The Morgan fingerprint density at radius 2 is 2.38 bits per heavy atom. The molecule has 1 aliphatic heterocycles. The van der Waals surface area contributed by atoms with Crippen molar-refractivity contribution >= 4 is 46.0 Å². The average Bonchev–Trinajstić information content (AvgIpc) is 3.15. The number of aromatic amines is 1. The molecule has 1 aromatic carbocycles. The van der Waals surface area contributed by atoms with E-state index in [2.05, 4.69) is 20.5 Å². The van der Waals surface area contributed by atoms with E-state index in [1.165, 1.54) is 18.0 Å². The van der Waals surface area contributed by atoms with Crippen LogP contribution in [0.15, 0.2) is 40.4 Å². The molecule has 3 heterocycles. The molecule has 7 nitrogen and oxygen atoms in total. The van der Waals surface area contributed by atoms with E-state index in [9.17, 15) is 9.59 Å². The van der Waals surface area contributed by atoms with Crippen molar-refractivity contribution in [1.29, 1.82) is 0 Å². The lowest BCUT2D eigenvalue weighted by Gasteiger charge is -2.13. The second kappa shape index (κ2) is 5.95. The Labute approximate surface area is 145 Å². The molecule has 1 aliphatic rings. The Hall–Kier alpha value is -2.32. The van der Waals surface area contributed by atoms with Gasteiger partial charge in [-0.2, -0.15) is 5.10 Å². The molecule has 24 heavy (non-hydrogen) atoms. The van der Waals surface area contributed by atoms with Gasteiger partial charge < -0.3 is 5.32 Å². The Morgan fingerprint density at radius 3 is 3.21 bits per heavy atom. The molecular formula is C15H12ClN5O2S. The number of fused-ring (bicyclic) bond motifs is 2. The SMILES string of the molecule is O=C(CC1CSc2nc3[nH]ncc3c(=O)n21)Nc1cccc(Cl)c1. The summed E-state index contributed by atoms with van der Waals surface area (Å²) in [6.45, 7) is 0. The first kappa shape index (κ1) is 15.2. The van der Waals surface area contributed by atoms with Crippen LogP contribution in [0.4, 0.5) is 5.69 Å². The summed E-state index contributed by atoms with van der Waals surface area (Å²) < 4.78 is 1.58. The number of aromatic nitrogens is 4. The van der Waals surface area contributed by atoms with Crippen LogP contribution in [-0.2, 0) is 4.79 Å². The van der Waals surface area contributed by atoms with Gasteiger partial charge in [0.05, 0.1) is 12.2 Å². The zero-order valence-corrected chi connectivity index (χ0v) is 13.9. The van der Waals surface area contributed by atoms with Crippen molar-refractivity contribution in [3.8, 4) is 0 Å². The minimum atomic E-state index is -0.233. The molecule has 0 aliphatic carbocycles. The second-order valence-electron chi connectivity index (χ2n) is 5.43. The lowest BCUT2D eigenvalue weighted by atomic mass is 10.2. The second-order valence-corrected chi connectivity index (χ2v) is 6.85. The molecule has 0 spiro atoms. The normalized spacial score (nSPS) is 16.3. The molecule has 2 N–H and O–H groups in total. The van der Waals surface area contributed by atoms with Gasteiger partial charge in [-0.05, 0) is 18.2 Å². The van der Waals surface area contributed by atoms with E-state index in [-0.39, 0.29) is 23.9 Å². The number of carbonyl (C=O) groups excluding carboxylic acids is 1. The molecule has 0 bridgehead atoms. The third-order valence-electron chi connectivity index (χ3n) is 3.78. The highest BCUT2D eigenvalue weighted by Gasteiger charge is 2.28. The highest BCUT2D eigenvalue weighted by molar-refractivity contribution is 7.99. The van der Waals surface area contributed by atoms with E-state index in [1.807, 2.05) is 0 Å². The average molecular weight is 362 g/mol. The topological polar surface area (TPSA) is 92.7 Å². The number of H-pyrrole nitrogens is 1. The van der Waals surface area contributed by atoms with Crippen LogP contribution in [0.3, 0.4) is 0 Å². The quantitative estimate of drug-likeness (QED) is 0.699. The van der Waals surface area contributed by atoms with Gasteiger partial charge in [0.15, 0.2) is 10.8 Å². The van der Waals surface area contributed by atoms with Gasteiger partial charge in [-0.25, -0.2) is 4.98 Å². The van der Waals surface area contributed by atoms with Gasteiger partial charge in [-0.3, -0.25) is 19.3 Å². The minimum Gasteiger partial charge on any atom is -0.326 e. The maximum absolute atomic E-state index is 12.6. The molecule has 2 aromatic heterocycles. The van der Waals surface area contributed by atoms with Crippen LogP contribution in [0.1, 0.15) is 12.5 Å². The Morgan fingerprint density at radius 1 is 1.50 bits per heavy atom. The van der Waals surface area contributed by atoms with E-state index < -0.39 is 0 Å². The molecule has 122 valence electrons. The number of nitrogens with one attached hydrogen (secondary N) is 2. The number of halogens is 1. The monoisotopic (exact) mass is 361 g/mol. The van der Waals surface area contributed by atoms with Gasteiger partial charge in [-0.1, -0.05) is 29.4 Å². The number of rotatable bonds is 3. The summed E-state index contributed by atoms with van der Waals surface area (Å²) in [5.74, 6) is 0.459. The van der Waals surface area contributed by atoms with Gasteiger partial charge in [0.2, 0.25) is 5.91 Å². The van der Waals surface area contributed by atoms with Crippen LogP contribution < -0.4 is 10.9 Å². The number of thioether (sulfide) groups is 1. The van der Waals surface area contributed by atoms with E-state index >= 15 is 0 Å². The van der Waals surface area contributed by atoms with Crippen LogP contribution in [0.25, 0.3) is 11.0 Å².